The average Bonchev–Trinajstić information content (AvgIpc) is 2.88. The van der Waals surface area contributed by atoms with Gasteiger partial charge >= 0.3 is 0 Å². The van der Waals surface area contributed by atoms with Gasteiger partial charge in [0, 0.05) is 60.6 Å². The van der Waals surface area contributed by atoms with Crippen LogP contribution in [0.15, 0.2) is 79.0 Å². The van der Waals surface area contributed by atoms with Crippen LogP contribution in [0.1, 0.15) is 15.9 Å². The Morgan fingerprint density at radius 3 is 2.35 bits per heavy atom. The minimum absolute atomic E-state index is 0.173. The lowest BCUT2D eigenvalue weighted by Gasteiger charge is -2.37. The highest BCUT2D eigenvalue weighted by atomic mass is 35.5. The van der Waals surface area contributed by atoms with Gasteiger partial charge in [0.1, 0.15) is 11.6 Å². The maximum absolute atomic E-state index is 13.1. The number of fused-ring (bicyclic) bond motifs is 1. The molecule has 0 atom stereocenters. The van der Waals surface area contributed by atoms with Crippen molar-refractivity contribution in [2.45, 2.75) is 6.54 Å². The van der Waals surface area contributed by atoms with Gasteiger partial charge in [-0.15, -0.1) is 0 Å². The molecule has 5 nitrogen and oxygen atoms in total. The van der Waals surface area contributed by atoms with E-state index in [1.165, 1.54) is 12.1 Å². The van der Waals surface area contributed by atoms with E-state index in [9.17, 15) is 9.18 Å². The molecule has 7 heteroatoms. The van der Waals surface area contributed by atoms with Crippen molar-refractivity contribution in [2.75, 3.05) is 36.0 Å². The predicted octanol–water partition coefficient (Wildman–Crippen LogP) is 5.28. The predicted molar refractivity (Wildman–Crippen MR) is 135 cm³/mol. The summed E-state index contributed by atoms with van der Waals surface area (Å²) in [5.74, 6) is 0.425. The Morgan fingerprint density at radius 1 is 0.912 bits per heavy atom. The van der Waals surface area contributed by atoms with Crippen molar-refractivity contribution in [1.82, 2.24) is 10.3 Å². The number of carbonyl (C=O) groups excluding carboxylic acids is 1. The van der Waals surface area contributed by atoms with Crippen molar-refractivity contribution in [3.63, 3.8) is 0 Å². The Kier molecular flexibility index (Phi) is 6.32. The SMILES string of the molecule is O=C(NCc1ccc(F)cc1)c1ccc2ccnc(N3CCN(c4ccc(Cl)cc4)CC3)c2c1. The molecule has 1 aliphatic heterocycles. The third-order valence-electron chi connectivity index (χ3n) is 6.14. The fourth-order valence-corrected chi connectivity index (χ4v) is 4.39. The summed E-state index contributed by atoms with van der Waals surface area (Å²) in [5, 5.41) is 5.65. The van der Waals surface area contributed by atoms with E-state index in [2.05, 4.69) is 20.1 Å². The Morgan fingerprint density at radius 2 is 1.62 bits per heavy atom. The first-order valence-electron chi connectivity index (χ1n) is 11.2. The van der Waals surface area contributed by atoms with E-state index in [4.69, 9.17) is 11.6 Å². The second-order valence-electron chi connectivity index (χ2n) is 8.33. The van der Waals surface area contributed by atoms with Crippen molar-refractivity contribution in [3.05, 3.63) is 101 Å². The lowest BCUT2D eigenvalue weighted by Crippen LogP contribution is -2.46. The van der Waals surface area contributed by atoms with E-state index in [0.717, 1.165) is 59.0 Å². The van der Waals surface area contributed by atoms with Crippen molar-refractivity contribution >= 4 is 39.8 Å². The van der Waals surface area contributed by atoms with Crippen LogP contribution >= 0.6 is 11.6 Å². The Bertz CT molecular complexity index is 1300. The Hall–Kier alpha value is -3.64. The molecule has 0 unspecified atom stereocenters. The van der Waals surface area contributed by atoms with Crippen LogP contribution in [-0.4, -0.2) is 37.1 Å². The van der Waals surface area contributed by atoms with Crippen molar-refractivity contribution < 1.29 is 9.18 Å². The molecule has 1 aliphatic rings. The molecule has 4 aromatic rings. The van der Waals surface area contributed by atoms with Gasteiger partial charge in [0.2, 0.25) is 0 Å². The van der Waals surface area contributed by atoms with Crippen LogP contribution in [0.4, 0.5) is 15.9 Å². The molecule has 1 amide bonds. The zero-order valence-electron chi connectivity index (χ0n) is 18.5. The first-order valence-corrected chi connectivity index (χ1v) is 11.6. The number of nitrogens with zero attached hydrogens (tertiary/aromatic N) is 3. The highest BCUT2D eigenvalue weighted by Gasteiger charge is 2.20. The Balaban J connectivity index is 1.31. The quantitative estimate of drug-likeness (QED) is 0.427. The third kappa shape index (κ3) is 4.82. The summed E-state index contributed by atoms with van der Waals surface area (Å²) in [6, 6.07) is 21.7. The van der Waals surface area contributed by atoms with Crippen molar-refractivity contribution in [2.24, 2.45) is 0 Å². The summed E-state index contributed by atoms with van der Waals surface area (Å²) in [4.78, 5) is 22.1. The summed E-state index contributed by atoms with van der Waals surface area (Å²) in [7, 11) is 0. The van der Waals surface area contributed by atoms with Gasteiger partial charge in [0.15, 0.2) is 0 Å². The van der Waals surface area contributed by atoms with Crippen LogP contribution in [0.2, 0.25) is 5.02 Å². The fourth-order valence-electron chi connectivity index (χ4n) is 4.26. The highest BCUT2D eigenvalue weighted by Crippen LogP contribution is 2.28. The monoisotopic (exact) mass is 474 g/mol. The van der Waals surface area contributed by atoms with Gasteiger partial charge < -0.3 is 15.1 Å². The van der Waals surface area contributed by atoms with E-state index >= 15 is 0 Å². The fraction of sp³-hybridized carbons (Fsp3) is 0.185. The van der Waals surface area contributed by atoms with Crippen LogP contribution in [-0.2, 0) is 6.54 Å². The number of piperazine rings is 1. The minimum Gasteiger partial charge on any atom is -0.368 e. The van der Waals surface area contributed by atoms with E-state index < -0.39 is 0 Å². The summed E-state index contributed by atoms with van der Waals surface area (Å²) >= 11 is 6.02. The standard InChI is InChI=1S/C27H24ClFN4O/c28-22-5-9-24(10-6-22)32-13-15-33(16-14-32)26-25-17-21(4-3-20(25)11-12-30-26)27(34)31-18-19-1-7-23(29)8-2-19/h1-12,17H,13-16,18H2,(H,31,34). The van der Waals surface area contributed by atoms with Gasteiger partial charge in [-0.25, -0.2) is 9.37 Å². The third-order valence-corrected chi connectivity index (χ3v) is 6.40. The van der Waals surface area contributed by atoms with Crippen LogP contribution in [0.5, 0.6) is 0 Å². The second kappa shape index (κ2) is 9.69. The van der Waals surface area contributed by atoms with Crippen LogP contribution in [0.25, 0.3) is 10.8 Å². The summed E-state index contributed by atoms with van der Waals surface area (Å²) in [6.07, 6.45) is 1.82. The lowest BCUT2D eigenvalue weighted by molar-refractivity contribution is 0.0951. The van der Waals surface area contributed by atoms with E-state index in [1.54, 1.807) is 12.1 Å². The number of halogens is 2. The smallest absolute Gasteiger partial charge is 0.251 e. The molecule has 0 saturated carbocycles. The molecule has 0 aliphatic carbocycles. The summed E-state index contributed by atoms with van der Waals surface area (Å²) in [5.41, 5.74) is 2.58. The van der Waals surface area contributed by atoms with Crippen LogP contribution in [0, 0.1) is 5.82 Å². The number of amides is 1. The number of benzene rings is 3. The molecular formula is C27H24ClFN4O. The zero-order chi connectivity index (χ0) is 23.5. The number of nitrogens with one attached hydrogen (secondary N) is 1. The molecule has 1 N–H and O–H groups in total. The van der Waals surface area contributed by atoms with E-state index in [0.29, 0.717) is 12.1 Å². The van der Waals surface area contributed by atoms with Crippen LogP contribution < -0.4 is 15.1 Å². The number of hydrogen-bond donors (Lipinski definition) is 1. The van der Waals surface area contributed by atoms with Gasteiger partial charge in [-0.2, -0.15) is 0 Å². The zero-order valence-corrected chi connectivity index (χ0v) is 19.3. The number of hydrogen-bond acceptors (Lipinski definition) is 4. The van der Waals surface area contributed by atoms with Gasteiger partial charge in [0.05, 0.1) is 0 Å². The van der Waals surface area contributed by atoms with Gasteiger partial charge in [-0.05, 0) is 65.5 Å². The van der Waals surface area contributed by atoms with Gasteiger partial charge in [-0.3, -0.25) is 4.79 Å². The molecule has 0 bridgehead atoms. The molecule has 1 saturated heterocycles. The maximum atomic E-state index is 13.1. The minimum atomic E-state index is -0.293. The first-order chi connectivity index (χ1) is 16.6. The molecule has 1 fully saturated rings. The molecule has 1 aromatic heterocycles. The van der Waals surface area contributed by atoms with Crippen LogP contribution in [0.3, 0.4) is 0 Å². The second-order valence-corrected chi connectivity index (χ2v) is 8.77. The molecule has 2 heterocycles. The highest BCUT2D eigenvalue weighted by molar-refractivity contribution is 6.30. The topological polar surface area (TPSA) is 48.5 Å². The molecule has 172 valence electrons. The number of anilines is 2. The van der Waals surface area contributed by atoms with E-state index in [1.807, 2.05) is 54.7 Å². The number of aromatic nitrogens is 1. The summed E-state index contributed by atoms with van der Waals surface area (Å²) < 4.78 is 13.1. The molecule has 5 rings (SSSR count). The number of rotatable bonds is 5. The van der Waals surface area contributed by atoms with Crippen molar-refractivity contribution in [3.8, 4) is 0 Å². The maximum Gasteiger partial charge on any atom is 0.251 e. The molecule has 0 radical (unpaired) electrons. The van der Waals surface area contributed by atoms with Crippen molar-refractivity contribution in [1.29, 1.82) is 0 Å². The summed E-state index contributed by atoms with van der Waals surface area (Å²) in [6.45, 7) is 3.74. The van der Waals surface area contributed by atoms with Gasteiger partial charge in [-0.1, -0.05) is 29.8 Å². The molecular weight excluding hydrogens is 451 g/mol. The number of pyridine rings is 1. The number of carbonyl (C=O) groups is 1. The molecule has 0 spiro atoms. The average molecular weight is 475 g/mol. The first kappa shape index (κ1) is 22.2. The lowest BCUT2D eigenvalue weighted by atomic mass is 10.1. The largest absolute Gasteiger partial charge is 0.368 e. The normalized spacial score (nSPS) is 13.8. The van der Waals surface area contributed by atoms with E-state index in [-0.39, 0.29) is 11.7 Å². The molecule has 34 heavy (non-hydrogen) atoms. The molecule has 3 aromatic carbocycles. The van der Waals surface area contributed by atoms with Gasteiger partial charge in [0.25, 0.3) is 5.91 Å². The Labute approximate surface area is 202 Å².